The van der Waals surface area contributed by atoms with Crippen LogP contribution >= 0.6 is 0 Å². The normalized spacial score (nSPS) is 14.2. The van der Waals surface area contributed by atoms with Crippen molar-refractivity contribution in [3.8, 4) is 22.5 Å². The largest absolute Gasteiger partial charge is 0.501 e. The molecular formula is C39H36IrN2OSi-2. The molecular weight excluding hydrogens is 733 g/mol. The summed E-state index contributed by atoms with van der Waals surface area (Å²) in [5.41, 5.74) is 3.83. The molecule has 0 saturated carbocycles. The Balaban J connectivity index is 0.000000211. The SMILES string of the molecule is [2H]C(C)(C)c1cc(-c2[c-]cccc2)ncc1[Si](C)(C)C.[2H]c1nc(-c2[c-]ccc3c2oc2cc4ccccc4cc23)c([2H])c(C([2H])([2H])[2H])c1[2H].[Ir]. The van der Waals surface area contributed by atoms with Crippen LogP contribution in [0.4, 0.5) is 0 Å². The summed E-state index contributed by atoms with van der Waals surface area (Å²) in [6.07, 6.45) is 1.48. The summed E-state index contributed by atoms with van der Waals surface area (Å²) in [6.45, 7) is 8.09. The maximum Gasteiger partial charge on any atom is 0.121 e. The van der Waals surface area contributed by atoms with Gasteiger partial charge in [0.05, 0.1) is 17.8 Å². The summed E-state index contributed by atoms with van der Waals surface area (Å²) < 4.78 is 61.9. The Morgan fingerprint density at radius 3 is 2.36 bits per heavy atom. The van der Waals surface area contributed by atoms with Gasteiger partial charge in [0.25, 0.3) is 0 Å². The van der Waals surface area contributed by atoms with Crippen molar-refractivity contribution < 1.29 is 34.1 Å². The fraction of sp³-hybridized carbons (Fsp3) is 0.179. The Kier molecular flexibility index (Phi) is 6.94. The van der Waals surface area contributed by atoms with Gasteiger partial charge in [0.2, 0.25) is 0 Å². The molecule has 7 rings (SSSR count). The first-order valence-corrected chi connectivity index (χ1v) is 17.7. The molecule has 0 aliphatic heterocycles. The number of rotatable bonds is 4. The Morgan fingerprint density at radius 1 is 0.886 bits per heavy atom. The smallest absolute Gasteiger partial charge is 0.121 e. The molecule has 4 aromatic carbocycles. The second-order valence-electron chi connectivity index (χ2n) is 11.7. The van der Waals surface area contributed by atoms with Crippen LogP contribution in [0.1, 0.15) is 40.5 Å². The quantitative estimate of drug-likeness (QED) is 0.132. The van der Waals surface area contributed by atoms with E-state index < -0.39 is 44.6 Å². The van der Waals surface area contributed by atoms with Crippen LogP contribution in [0.15, 0.2) is 108 Å². The third kappa shape index (κ3) is 6.46. The Bertz CT molecular complexity index is 2380. The van der Waals surface area contributed by atoms with E-state index in [-0.39, 0.29) is 25.8 Å². The van der Waals surface area contributed by atoms with E-state index in [1.807, 2.05) is 86.8 Å². The zero-order valence-electron chi connectivity index (χ0n) is 32.2. The van der Waals surface area contributed by atoms with E-state index in [0.717, 1.165) is 38.4 Å². The van der Waals surface area contributed by atoms with Crippen molar-refractivity contribution in [3.05, 3.63) is 127 Å². The van der Waals surface area contributed by atoms with Crippen LogP contribution in [0.2, 0.25) is 19.6 Å². The molecule has 5 heteroatoms. The molecule has 3 heterocycles. The molecule has 0 atom stereocenters. The van der Waals surface area contributed by atoms with E-state index in [2.05, 4.69) is 47.8 Å². The topological polar surface area (TPSA) is 38.9 Å². The van der Waals surface area contributed by atoms with Gasteiger partial charge in [0.15, 0.2) is 0 Å². The van der Waals surface area contributed by atoms with Crippen molar-refractivity contribution in [2.75, 3.05) is 0 Å². The Hall–Kier alpha value is -3.89. The molecule has 3 aromatic heterocycles. The standard InChI is InChI=1S/C22H14NO.C17H22NSi.Ir/c1-14-9-10-23-20(11-14)18-8-4-7-17-19-12-15-5-2-3-6-16(15)13-21(19)24-22(17)18;1-13(2)15-11-16(14-9-7-6-8-10-14)18-12-17(15)19(3,4)5;/h2-7,9-13H,1H3;6-9,11-13H,1-5H3;/q2*-1;/i1D3,9D,10D,11D;13D;. The summed E-state index contributed by atoms with van der Waals surface area (Å²) in [6, 6.07) is 30.5. The maximum absolute atomic E-state index is 8.44. The van der Waals surface area contributed by atoms with Crippen LogP contribution in [0.25, 0.3) is 55.2 Å². The van der Waals surface area contributed by atoms with Crippen LogP contribution in [0.3, 0.4) is 0 Å². The van der Waals surface area contributed by atoms with Crippen LogP contribution in [-0.4, -0.2) is 18.0 Å². The van der Waals surface area contributed by atoms with Crippen molar-refractivity contribution in [2.45, 2.75) is 46.2 Å². The van der Waals surface area contributed by atoms with E-state index in [0.29, 0.717) is 16.7 Å². The van der Waals surface area contributed by atoms with Gasteiger partial charge < -0.3 is 14.4 Å². The van der Waals surface area contributed by atoms with Crippen LogP contribution < -0.4 is 5.19 Å². The molecule has 44 heavy (non-hydrogen) atoms. The minimum Gasteiger partial charge on any atom is -0.501 e. The van der Waals surface area contributed by atoms with Gasteiger partial charge in [0, 0.05) is 43.3 Å². The second-order valence-corrected chi connectivity index (χ2v) is 16.8. The fourth-order valence-electron chi connectivity index (χ4n) is 5.20. The molecule has 0 aliphatic carbocycles. The predicted octanol–water partition coefficient (Wildman–Crippen LogP) is 10.1. The number of nitrogens with zero attached hydrogens (tertiary/aromatic N) is 2. The van der Waals surface area contributed by atoms with Crippen LogP contribution in [0, 0.1) is 19.0 Å². The molecule has 0 N–H and O–H groups in total. The predicted molar refractivity (Wildman–Crippen MR) is 184 cm³/mol. The summed E-state index contributed by atoms with van der Waals surface area (Å²) in [7, 11) is -1.50. The molecule has 0 fully saturated rings. The number of hydrogen-bond acceptors (Lipinski definition) is 3. The van der Waals surface area contributed by atoms with E-state index in [1.54, 1.807) is 6.07 Å². The summed E-state index contributed by atoms with van der Waals surface area (Å²) in [5, 5.41) is 5.01. The molecule has 0 amide bonds. The summed E-state index contributed by atoms with van der Waals surface area (Å²) >= 11 is 0. The minimum atomic E-state index is -2.71. The average molecular weight is 776 g/mol. The van der Waals surface area contributed by atoms with Crippen molar-refractivity contribution >= 4 is 46.0 Å². The number of aromatic nitrogens is 2. The molecule has 0 spiro atoms. The molecule has 0 unspecified atom stereocenters. The third-order valence-corrected chi connectivity index (χ3v) is 9.38. The summed E-state index contributed by atoms with van der Waals surface area (Å²) in [4.78, 5) is 8.65. The molecule has 223 valence electrons. The van der Waals surface area contributed by atoms with Gasteiger partial charge in [-0.15, -0.1) is 54.1 Å². The number of benzene rings is 4. The van der Waals surface area contributed by atoms with Gasteiger partial charge in [0.1, 0.15) is 5.58 Å². The van der Waals surface area contributed by atoms with Gasteiger partial charge in [-0.05, 0) is 58.3 Å². The van der Waals surface area contributed by atoms with E-state index in [1.165, 1.54) is 5.19 Å². The van der Waals surface area contributed by atoms with Gasteiger partial charge in [-0.3, -0.25) is 0 Å². The molecule has 0 bridgehead atoms. The monoisotopic (exact) mass is 776 g/mol. The minimum absolute atomic E-state index is 0. The van der Waals surface area contributed by atoms with Crippen LogP contribution in [-0.2, 0) is 20.1 Å². The van der Waals surface area contributed by atoms with Crippen molar-refractivity contribution in [2.24, 2.45) is 0 Å². The van der Waals surface area contributed by atoms with Crippen LogP contribution in [0.5, 0.6) is 0 Å². The molecule has 7 aromatic rings. The first kappa shape index (κ1) is 23.5. The van der Waals surface area contributed by atoms with E-state index in [4.69, 9.17) is 14.0 Å². The fourth-order valence-corrected chi connectivity index (χ4v) is 6.79. The van der Waals surface area contributed by atoms with Crippen molar-refractivity contribution in [1.29, 1.82) is 0 Å². The first-order chi connectivity index (χ1) is 23.4. The van der Waals surface area contributed by atoms with E-state index >= 15 is 0 Å². The molecule has 3 nitrogen and oxygen atoms in total. The van der Waals surface area contributed by atoms with Gasteiger partial charge >= 0.3 is 0 Å². The third-order valence-electron chi connectivity index (χ3n) is 7.36. The number of pyridine rings is 2. The van der Waals surface area contributed by atoms with Gasteiger partial charge in [-0.25, -0.2) is 0 Å². The zero-order chi connectivity index (χ0) is 36.2. The second kappa shape index (κ2) is 13.0. The molecule has 1 radical (unpaired) electrons. The van der Waals surface area contributed by atoms with Gasteiger partial charge in [-0.2, -0.15) is 0 Å². The van der Waals surface area contributed by atoms with E-state index in [9.17, 15) is 0 Å². The molecule has 0 aliphatic rings. The average Bonchev–Trinajstić information content (AvgIpc) is 3.42. The number of fused-ring (bicyclic) bond motifs is 4. The Morgan fingerprint density at radius 2 is 1.66 bits per heavy atom. The number of hydrogen-bond donors (Lipinski definition) is 0. The summed E-state index contributed by atoms with van der Waals surface area (Å²) in [5.74, 6) is -0.609. The number of furan rings is 1. The van der Waals surface area contributed by atoms with Crippen molar-refractivity contribution in [1.82, 2.24) is 9.97 Å². The van der Waals surface area contributed by atoms with Crippen molar-refractivity contribution in [3.63, 3.8) is 0 Å². The maximum atomic E-state index is 8.44. The first-order valence-electron chi connectivity index (χ1n) is 17.7. The zero-order valence-corrected chi connectivity index (χ0v) is 28.6. The van der Waals surface area contributed by atoms with Gasteiger partial charge in [-0.1, -0.05) is 91.9 Å². The Labute approximate surface area is 284 Å². The molecule has 0 saturated heterocycles.